The molecule has 0 amide bonds. The summed E-state index contributed by atoms with van der Waals surface area (Å²) in [5.41, 5.74) is 0. The summed E-state index contributed by atoms with van der Waals surface area (Å²) in [5.74, 6) is 0.647. The van der Waals surface area contributed by atoms with E-state index in [4.69, 9.17) is 4.74 Å². The average molecular weight is 228 g/mol. The summed E-state index contributed by atoms with van der Waals surface area (Å²) < 4.78 is 5.81. The fraction of sp³-hybridized carbons (Fsp3) is 1.00. The van der Waals surface area contributed by atoms with Crippen LogP contribution in [0.1, 0.15) is 33.1 Å². The molecule has 2 unspecified atom stereocenters. The Kier molecular flexibility index (Phi) is 6.32. The van der Waals surface area contributed by atoms with Crippen LogP contribution in [0, 0.1) is 5.92 Å². The first-order chi connectivity index (χ1) is 7.65. The van der Waals surface area contributed by atoms with E-state index < -0.39 is 0 Å². The molecule has 1 N–H and O–H groups in total. The summed E-state index contributed by atoms with van der Waals surface area (Å²) in [6.07, 6.45) is 4.09. The lowest BCUT2D eigenvalue weighted by Gasteiger charge is -2.37. The van der Waals surface area contributed by atoms with E-state index in [1.165, 1.54) is 25.8 Å². The molecule has 3 nitrogen and oxygen atoms in total. The maximum Gasteiger partial charge on any atom is 0.0612 e. The molecule has 0 aromatic rings. The van der Waals surface area contributed by atoms with Gasteiger partial charge in [-0.25, -0.2) is 0 Å². The zero-order chi connectivity index (χ0) is 12.0. The first-order valence-corrected chi connectivity index (χ1v) is 6.61. The molecule has 1 aliphatic heterocycles. The topological polar surface area (TPSA) is 24.5 Å². The highest BCUT2D eigenvalue weighted by Crippen LogP contribution is 2.23. The summed E-state index contributed by atoms with van der Waals surface area (Å²) in [6, 6.07) is 0.720. The van der Waals surface area contributed by atoms with Gasteiger partial charge in [-0.2, -0.15) is 0 Å². The van der Waals surface area contributed by atoms with Crippen molar-refractivity contribution in [2.45, 2.75) is 45.3 Å². The van der Waals surface area contributed by atoms with Gasteiger partial charge in [-0.15, -0.1) is 0 Å². The van der Waals surface area contributed by atoms with Crippen LogP contribution in [0.25, 0.3) is 0 Å². The minimum Gasteiger partial charge on any atom is -0.378 e. The second-order valence-corrected chi connectivity index (χ2v) is 5.27. The molecule has 1 rings (SSSR count). The molecule has 1 fully saturated rings. The predicted octanol–water partition coefficient (Wildman–Crippen LogP) is 1.73. The third-order valence-electron chi connectivity index (χ3n) is 3.59. The van der Waals surface area contributed by atoms with Crippen LogP contribution in [0.4, 0.5) is 0 Å². The monoisotopic (exact) mass is 228 g/mol. The van der Waals surface area contributed by atoms with E-state index in [2.05, 4.69) is 31.1 Å². The van der Waals surface area contributed by atoms with Crippen molar-refractivity contribution in [3.05, 3.63) is 0 Å². The highest BCUT2D eigenvalue weighted by atomic mass is 16.5. The Balaban J connectivity index is 2.29. The lowest BCUT2D eigenvalue weighted by molar-refractivity contribution is -0.0441. The van der Waals surface area contributed by atoms with Gasteiger partial charge in [0.1, 0.15) is 0 Å². The van der Waals surface area contributed by atoms with Crippen LogP contribution in [0.15, 0.2) is 0 Å². The van der Waals surface area contributed by atoms with E-state index in [9.17, 15) is 0 Å². The van der Waals surface area contributed by atoms with Gasteiger partial charge >= 0.3 is 0 Å². The smallest absolute Gasteiger partial charge is 0.0612 e. The molecule has 0 bridgehead atoms. The molecule has 96 valence electrons. The molecule has 1 saturated heterocycles. The summed E-state index contributed by atoms with van der Waals surface area (Å²) in [7, 11) is 4.27. The van der Waals surface area contributed by atoms with Crippen molar-refractivity contribution in [3.8, 4) is 0 Å². The number of ether oxygens (including phenoxy) is 1. The lowest BCUT2D eigenvalue weighted by atomic mass is 9.94. The fourth-order valence-corrected chi connectivity index (χ4v) is 2.36. The molecule has 0 saturated carbocycles. The van der Waals surface area contributed by atoms with Crippen molar-refractivity contribution in [2.75, 3.05) is 33.8 Å². The van der Waals surface area contributed by atoms with Crippen LogP contribution < -0.4 is 5.32 Å². The zero-order valence-electron chi connectivity index (χ0n) is 11.3. The van der Waals surface area contributed by atoms with E-state index in [-0.39, 0.29) is 0 Å². The number of hydrogen-bond donors (Lipinski definition) is 1. The normalized spacial score (nSPS) is 26.6. The standard InChI is InChI=1S/C13H28N2O/c1-11(2)13-10-12(6-9-16-13)15(4)8-5-7-14-3/h11-14H,5-10H2,1-4H3. The van der Waals surface area contributed by atoms with Crippen molar-refractivity contribution >= 4 is 0 Å². The van der Waals surface area contributed by atoms with E-state index >= 15 is 0 Å². The first-order valence-electron chi connectivity index (χ1n) is 6.61. The van der Waals surface area contributed by atoms with Gasteiger partial charge in [-0.3, -0.25) is 0 Å². The third kappa shape index (κ3) is 4.40. The van der Waals surface area contributed by atoms with Crippen molar-refractivity contribution < 1.29 is 4.74 Å². The second-order valence-electron chi connectivity index (χ2n) is 5.27. The number of nitrogens with zero attached hydrogens (tertiary/aromatic N) is 1. The Labute approximate surface area is 101 Å². The Hall–Kier alpha value is -0.120. The molecule has 1 aliphatic rings. The minimum atomic E-state index is 0.463. The molecule has 3 heteroatoms. The summed E-state index contributed by atoms with van der Waals surface area (Å²) in [4.78, 5) is 2.51. The van der Waals surface area contributed by atoms with Crippen LogP contribution in [0.2, 0.25) is 0 Å². The molecule has 0 spiro atoms. The minimum absolute atomic E-state index is 0.463. The van der Waals surface area contributed by atoms with Gasteiger partial charge < -0.3 is 15.0 Å². The number of nitrogens with one attached hydrogen (secondary N) is 1. The SMILES string of the molecule is CNCCCN(C)C1CCOC(C(C)C)C1. The molecule has 1 heterocycles. The van der Waals surface area contributed by atoms with E-state index in [1.807, 2.05) is 7.05 Å². The third-order valence-corrected chi connectivity index (χ3v) is 3.59. The Morgan fingerprint density at radius 3 is 2.81 bits per heavy atom. The summed E-state index contributed by atoms with van der Waals surface area (Å²) in [5, 5.41) is 3.20. The second kappa shape index (κ2) is 7.25. The molecule has 0 aromatic heterocycles. The van der Waals surface area contributed by atoms with Crippen LogP contribution in [0.3, 0.4) is 0 Å². The molecule has 0 aliphatic carbocycles. The van der Waals surface area contributed by atoms with E-state index in [0.717, 1.165) is 19.2 Å². The van der Waals surface area contributed by atoms with Crippen LogP contribution in [-0.4, -0.2) is 50.8 Å². The van der Waals surface area contributed by atoms with Gasteiger partial charge in [0.25, 0.3) is 0 Å². The summed E-state index contributed by atoms with van der Waals surface area (Å²) >= 11 is 0. The van der Waals surface area contributed by atoms with Gasteiger partial charge in [0.2, 0.25) is 0 Å². The highest BCUT2D eigenvalue weighted by molar-refractivity contribution is 4.79. The van der Waals surface area contributed by atoms with E-state index in [1.54, 1.807) is 0 Å². The Bertz CT molecular complexity index is 185. The van der Waals surface area contributed by atoms with Crippen LogP contribution in [-0.2, 0) is 4.74 Å². The van der Waals surface area contributed by atoms with E-state index in [0.29, 0.717) is 12.0 Å². The van der Waals surface area contributed by atoms with Gasteiger partial charge in [-0.05, 0) is 52.4 Å². The van der Waals surface area contributed by atoms with Crippen LogP contribution in [0.5, 0.6) is 0 Å². The molecule has 2 atom stereocenters. The lowest BCUT2D eigenvalue weighted by Crippen LogP contribution is -2.42. The Morgan fingerprint density at radius 2 is 2.19 bits per heavy atom. The van der Waals surface area contributed by atoms with Crippen LogP contribution >= 0.6 is 0 Å². The van der Waals surface area contributed by atoms with Gasteiger partial charge in [-0.1, -0.05) is 13.8 Å². The highest BCUT2D eigenvalue weighted by Gasteiger charge is 2.26. The quantitative estimate of drug-likeness (QED) is 0.701. The molecule has 16 heavy (non-hydrogen) atoms. The molecule has 0 aromatic carbocycles. The van der Waals surface area contributed by atoms with Crippen molar-refractivity contribution in [1.29, 1.82) is 0 Å². The van der Waals surface area contributed by atoms with Gasteiger partial charge in [0, 0.05) is 12.6 Å². The number of hydrogen-bond acceptors (Lipinski definition) is 3. The first kappa shape index (κ1) is 13.9. The average Bonchev–Trinajstić information content (AvgIpc) is 2.29. The molecular weight excluding hydrogens is 200 g/mol. The van der Waals surface area contributed by atoms with Crippen molar-refractivity contribution in [2.24, 2.45) is 5.92 Å². The van der Waals surface area contributed by atoms with Gasteiger partial charge in [0.05, 0.1) is 6.10 Å². The van der Waals surface area contributed by atoms with Crippen molar-refractivity contribution in [3.63, 3.8) is 0 Å². The van der Waals surface area contributed by atoms with Crippen molar-refractivity contribution in [1.82, 2.24) is 10.2 Å². The maximum absolute atomic E-state index is 5.81. The predicted molar refractivity (Wildman–Crippen MR) is 68.8 cm³/mol. The number of rotatable bonds is 6. The summed E-state index contributed by atoms with van der Waals surface area (Å²) in [6.45, 7) is 7.75. The maximum atomic E-state index is 5.81. The Morgan fingerprint density at radius 1 is 1.44 bits per heavy atom. The molecule has 0 radical (unpaired) electrons. The zero-order valence-corrected chi connectivity index (χ0v) is 11.3. The largest absolute Gasteiger partial charge is 0.378 e. The fourth-order valence-electron chi connectivity index (χ4n) is 2.36. The molecular formula is C13H28N2O. The van der Waals surface area contributed by atoms with Gasteiger partial charge in [0.15, 0.2) is 0 Å².